The molecule has 1 amide bonds. The average molecular weight is 931 g/mol. The van der Waals surface area contributed by atoms with Crippen LogP contribution in [0, 0.1) is 0 Å². The van der Waals surface area contributed by atoms with E-state index in [0.29, 0.717) is 12.8 Å². The largest absolute Gasteiger partial charge is 0.394 e. The van der Waals surface area contributed by atoms with Crippen molar-refractivity contribution in [3.8, 4) is 0 Å². The fourth-order valence-electron chi connectivity index (χ4n) is 10.1. The fraction of sp³-hybridized carbons (Fsp3) is 0.952. The Morgan fingerprint density at radius 3 is 0.833 bits per heavy atom. The number of aliphatic hydroxyl groups is 2. The van der Waals surface area contributed by atoms with Gasteiger partial charge in [-0.15, -0.1) is 0 Å². The van der Waals surface area contributed by atoms with Gasteiger partial charge in [-0.25, -0.2) is 0 Å². The minimum atomic E-state index is -0.656. The number of carbonyl (C=O) groups excluding carboxylic acids is 1. The maximum absolute atomic E-state index is 12.5. The van der Waals surface area contributed by atoms with Crippen LogP contribution in [-0.4, -0.2) is 34.9 Å². The lowest BCUT2D eigenvalue weighted by molar-refractivity contribution is -0.123. The molecule has 0 spiro atoms. The van der Waals surface area contributed by atoms with Crippen molar-refractivity contribution in [3.63, 3.8) is 0 Å². The van der Waals surface area contributed by atoms with E-state index in [9.17, 15) is 15.0 Å². The molecule has 0 fully saturated rings. The molecule has 0 saturated heterocycles. The SMILES string of the molecule is CCCCCCCCCC/C=C\CCCCCCCCCCCCCCCCCCCCCCCC(=O)NC(CO)C(O)CCCCCCCCCCCCCCCCCCCCCCC. The zero-order chi connectivity index (χ0) is 47.7. The third-order valence-electron chi connectivity index (χ3n) is 14.8. The number of rotatable bonds is 58. The van der Waals surface area contributed by atoms with Crippen molar-refractivity contribution < 1.29 is 15.0 Å². The summed E-state index contributed by atoms with van der Waals surface area (Å²) in [5, 5.41) is 23.4. The van der Waals surface area contributed by atoms with E-state index in [2.05, 4.69) is 31.3 Å². The molecule has 0 saturated carbocycles. The van der Waals surface area contributed by atoms with E-state index >= 15 is 0 Å². The number of hydrogen-bond donors (Lipinski definition) is 3. The quantitative estimate of drug-likeness (QED) is 0.0420. The molecule has 2 unspecified atom stereocenters. The first-order chi connectivity index (χ1) is 32.7. The maximum atomic E-state index is 12.5. The monoisotopic (exact) mass is 930 g/mol. The van der Waals surface area contributed by atoms with Gasteiger partial charge in [0.25, 0.3) is 0 Å². The molecule has 0 rings (SSSR count). The lowest BCUT2D eigenvalue weighted by Gasteiger charge is -2.22. The molecule has 0 aromatic rings. The van der Waals surface area contributed by atoms with Gasteiger partial charge in [0.1, 0.15) is 0 Å². The van der Waals surface area contributed by atoms with Crippen LogP contribution in [0.15, 0.2) is 12.2 Å². The van der Waals surface area contributed by atoms with Crippen LogP contribution in [0.5, 0.6) is 0 Å². The Kier molecular flexibility index (Phi) is 57.7. The van der Waals surface area contributed by atoms with Gasteiger partial charge in [-0.1, -0.05) is 328 Å². The molecule has 4 heteroatoms. The zero-order valence-electron chi connectivity index (χ0n) is 45.5. The van der Waals surface area contributed by atoms with Gasteiger partial charge in [-0.2, -0.15) is 0 Å². The van der Waals surface area contributed by atoms with Gasteiger partial charge in [-0.05, 0) is 38.5 Å². The predicted octanol–water partition coefficient (Wildman–Crippen LogP) is 20.5. The molecule has 0 aliphatic rings. The Hall–Kier alpha value is -0.870. The molecule has 66 heavy (non-hydrogen) atoms. The standard InChI is InChI=1S/C62H123NO3/c1-3-5-7-9-11-13-15-17-19-21-23-25-26-27-28-29-30-31-32-33-34-35-36-38-40-42-44-46-48-50-52-54-56-58-62(66)63-60(59-64)61(65)57-55-53-51-49-47-45-43-41-39-37-24-22-20-18-16-14-12-10-8-6-4-2/h21,23,60-61,64-65H,3-20,22,24-59H2,1-2H3,(H,63,66)/b23-21-. The minimum absolute atomic E-state index is 0.0222. The minimum Gasteiger partial charge on any atom is -0.394 e. The van der Waals surface area contributed by atoms with Crippen molar-refractivity contribution in [3.05, 3.63) is 12.2 Å². The Morgan fingerprint density at radius 2 is 0.576 bits per heavy atom. The number of amides is 1. The number of hydrogen-bond acceptors (Lipinski definition) is 3. The van der Waals surface area contributed by atoms with E-state index in [1.54, 1.807) is 0 Å². The lowest BCUT2D eigenvalue weighted by atomic mass is 10.0. The zero-order valence-corrected chi connectivity index (χ0v) is 45.5. The molecule has 4 nitrogen and oxygen atoms in total. The molecular weight excluding hydrogens is 807 g/mol. The summed E-state index contributed by atoms with van der Waals surface area (Å²) >= 11 is 0. The Labute approximate surface area is 416 Å². The number of unbranched alkanes of at least 4 members (excludes halogenated alkanes) is 49. The Bertz CT molecular complexity index is 921. The lowest BCUT2D eigenvalue weighted by Crippen LogP contribution is -2.45. The summed E-state index contributed by atoms with van der Waals surface area (Å²) in [6.07, 6.45) is 76.6. The molecule has 0 aliphatic heterocycles. The third-order valence-corrected chi connectivity index (χ3v) is 14.8. The van der Waals surface area contributed by atoms with E-state index in [4.69, 9.17) is 0 Å². The van der Waals surface area contributed by atoms with Crippen LogP contribution in [0.4, 0.5) is 0 Å². The highest BCUT2D eigenvalue weighted by molar-refractivity contribution is 5.76. The van der Waals surface area contributed by atoms with Gasteiger partial charge in [0.15, 0.2) is 0 Å². The van der Waals surface area contributed by atoms with Crippen LogP contribution in [0.2, 0.25) is 0 Å². The smallest absolute Gasteiger partial charge is 0.220 e. The summed E-state index contributed by atoms with van der Waals surface area (Å²) in [7, 11) is 0. The molecule has 0 aromatic heterocycles. The van der Waals surface area contributed by atoms with Crippen molar-refractivity contribution in [1.29, 1.82) is 0 Å². The Morgan fingerprint density at radius 1 is 0.348 bits per heavy atom. The van der Waals surface area contributed by atoms with E-state index < -0.39 is 12.1 Å². The molecule has 394 valence electrons. The highest BCUT2D eigenvalue weighted by Crippen LogP contribution is 2.19. The summed E-state index contributed by atoms with van der Waals surface area (Å²) in [6.45, 7) is 4.40. The molecule has 0 bridgehead atoms. The van der Waals surface area contributed by atoms with Gasteiger partial charge in [-0.3, -0.25) is 4.79 Å². The first kappa shape index (κ1) is 65.1. The van der Waals surface area contributed by atoms with Gasteiger partial charge >= 0.3 is 0 Å². The highest BCUT2D eigenvalue weighted by atomic mass is 16.3. The van der Waals surface area contributed by atoms with Crippen LogP contribution in [0.3, 0.4) is 0 Å². The number of nitrogens with one attached hydrogen (secondary N) is 1. The molecule has 0 aliphatic carbocycles. The van der Waals surface area contributed by atoms with E-state index in [1.807, 2.05) is 0 Å². The summed E-state index contributed by atoms with van der Waals surface area (Å²) < 4.78 is 0. The number of aliphatic hydroxyl groups excluding tert-OH is 2. The van der Waals surface area contributed by atoms with Crippen molar-refractivity contribution in [2.45, 2.75) is 373 Å². The van der Waals surface area contributed by atoms with Crippen LogP contribution in [0.1, 0.15) is 361 Å². The van der Waals surface area contributed by atoms with Crippen LogP contribution < -0.4 is 5.32 Å². The first-order valence-electron chi connectivity index (χ1n) is 30.9. The summed E-state index contributed by atoms with van der Waals surface area (Å²) in [4.78, 5) is 12.5. The molecular formula is C62H123NO3. The van der Waals surface area contributed by atoms with E-state index in [0.717, 1.165) is 25.7 Å². The van der Waals surface area contributed by atoms with Crippen LogP contribution in [-0.2, 0) is 4.79 Å². The van der Waals surface area contributed by atoms with E-state index in [-0.39, 0.29) is 12.5 Å². The predicted molar refractivity (Wildman–Crippen MR) is 295 cm³/mol. The molecule has 0 heterocycles. The first-order valence-corrected chi connectivity index (χ1v) is 30.9. The van der Waals surface area contributed by atoms with Crippen LogP contribution in [0.25, 0.3) is 0 Å². The average Bonchev–Trinajstić information content (AvgIpc) is 3.32. The second kappa shape index (κ2) is 58.4. The molecule has 2 atom stereocenters. The topological polar surface area (TPSA) is 69.6 Å². The second-order valence-corrected chi connectivity index (χ2v) is 21.5. The highest BCUT2D eigenvalue weighted by Gasteiger charge is 2.20. The molecule has 0 aromatic carbocycles. The van der Waals surface area contributed by atoms with E-state index in [1.165, 1.54) is 308 Å². The van der Waals surface area contributed by atoms with Crippen molar-refractivity contribution in [2.75, 3.05) is 6.61 Å². The van der Waals surface area contributed by atoms with Crippen LogP contribution >= 0.6 is 0 Å². The second-order valence-electron chi connectivity index (χ2n) is 21.5. The van der Waals surface area contributed by atoms with Gasteiger partial charge < -0.3 is 15.5 Å². The van der Waals surface area contributed by atoms with Gasteiger partial charge in [0.2, 0.25) is 5.91 Å². The van der Waals surface area contributed by atoms with Crippen molar-refractivity contribution in [1.82, 2.24) is 5.32 Å². The van der Waals surface area contributed by atoms with Crippen molar-refractivity contribution >= 4 is 5.91 Å². The summed E-state index contributed by atoms with van der Waals surface area (Å²) in [6, 6.07) is -0.533. The molecule has 3 N–H and O–H groups in total. The summed E-state index contributed by atoms with van der Waals surface area (Å²) in [5.74, 6) is -0.0222. The summed E-state index contributed by atoms with van der Waals surface area (Å²) in [5.41, 5.74) is 0. The number of carbonyl (C=O) groups is 1. The maximum Gasteiger partial charge on any atom is 0.220 e. The third kappa shape index (κ3) is 54.1. The number of allylic oxidation sites excluding steroid dienone is 2. The van der Waals surface area contributed by atoms with Gasteiger partial charge in [0.05, 0.1) is 18.8 Å². The normalized spacial score (nSPS) is 12.7. The Balaban J connectivity index is 3.38. The fourth-order valence-corrected chi connectivity index (χ4v) is 10.1. The van der Waals surface area contributed by atoms with Crippen molar-refractivity contribution in [2.24, 2.45) is 0 Å². The van der Waals surface area contributed by atoms with Gasteiger partial charge in [0, 0.05) is 6.42 Å². The molecule has 0 radical (unpaired) electrons.